The number of nitrogens with one attached hydrogen (secondary N) is 2. The van der Waals surface area contributed by atoms with Crippen LogP contribution in [0.1, 0.15) is 12.1 Å². The summed E-state index contributed by atoms with van der Waals surface area (Å²) in [5.74, 6) is 0.836. The number of thioether (sulfide) groups is 1. The lowest BCUT2D eigenvalue weighted by atomic mass is 10.2. The molecule has 6 heteroatoms. The molecule has 0 saturated heterocycles. The first-order valence-corrected chi connectivity index (χ1v) is 6.63. The normalized spacial score (nSPS) is 12.4. The molecule has 1 aromatic rings. The Morgan fingerprint density at radius 2 is 2.56 bits per heavy atom. The number of amides is 1. The Hall–Kier alpha value is -1.01. The summed E-state index contributed by atoms with van der Waals surface area (Å²) >= 11 is 1.70. The zero-order valence-electron chi connectivity index (χ0n) is 9.40. The second-order valence-corrected chi connectivity index (χ2v) is 4.49. The van der Waals surface area contributed by atoms with Crippen molar-refractivity contribution in [1.29, 1.82) is 0 Å². The second kappa shape index (κ2) is 7.29. The largest absolute Gasteiger partial charge is 0.354 e. The minimum absolute atomic E-state index is 0.0754. The molecule has 5 nitrogen and oxygen atoms in total. The van der Waals surface area contributed by atoms with Crippen LogP contribution in [0.5, 0.6) is 0 Å². The Bertz CT molecular complexity index is 302. The molecular weight excluding hydrogens is 224 g/mol. The van der Waals surface area contributed by atoms with Crippen molar-refractivity contribution in [1.82, 2.24) is 15.3 Å². The number of aromatic nitrogens is 2. The topological polar surface area (TPSA) is 83.8 Å². The highest BCUT2D eigenvalue weighted by Crippen LogP contribution is 1.98. The van der Waals surface area contributed by atoms with Gasteiger partial charge in [0, 0.05) is 24.9 Å². The highest BCUT2D eigenvalue weighted by Gasteiger charge is 2.11. The summed E-state index contributed by atoms with van der Waals surface area (Å²) in [6.07, 6.45) is 6.85. The van der Waals surface area contributed by atoms with Gasteiger partial charge in [-0.15, -0.1) is 0 Å². The van der Waals surface area contributed by atoms with E-state index in [1.165, 1.54) is 0 Å². The van der Waals surface area contributed by atoms with Crippen LogP contribution in [0.15, 0.2) is 12.5 Å². The molecule has 0 aliphatic carbocycles. The molecule has 1 atom stereocenters. The van der Waals surface area contributed by atoms with Crippen molar-refractivity contribution < 1.29 is 4.79 Å². The Morgan fingerprint density at radius 1 is 1.75 bits per heavy atom. The molecule has 0 bridgehead atoms. The van der Waals surface area contributed by atoms with Crippen molar-refractivity contribution in [2.24, 2.45) is 5.73 Å². The molecular formula is C10H18N4OS. The maximum Gasteiger partial charge on any atom is 0.236 e. The zero-order chi connectivity index (χ0) is 11.8. The van der Waals surface area contributed by atoms with E-state index in [1.54, 1.807) is 24.3 Å². The molecule has 1 rings (SSSR count). The van der Waals surface area contributed by atoms with Gasteiger partial charge in [-0.25, -0.2) is 4.98 Å². The second-order valence-electron chi connectivity index (χ2n) is 3.51. The number of imidazole rings is 1. The first kappa shape index (κ1) is 13.1. The van der Waals surface area contributed by atoms with Crippen molar-refractivity contribution in [3.8, 4) is 0 Å². The van der Waals surface area contributed by atoms with E-state index in [1.807, 2.05) is 6.26 Å². The first-order valence-electron chi connectivity index (χ1n) is 5.23. The predicted molar refractivity (Wildman–Crippen MR) is 66.3 cm³/mol. The summed E-state index contributed by atoms with van der Waals surface area (Å²) in [6.45, 7) is 0.591. The van der Waals surface area contributed by atoms with Gasteiger partial charge in [0.05, 0.1) is 12.4 Å². The summed E-state index contributed by atoms with van der Waals surface area (Å²) < 4.78 is 0. The summed E-state index contributed by atoms with van der Waals surface area (Å²) in [4.78, 5) is 18.4. The minimum Gasteiger partial charge on any atom is -0.354 e. The van der Waals surface area contributed by atoms with E-state index in [0.717, 1.165) is 24.3 Å². The number of hydrogen-bond acceptors (Lipinski definition) is 4. The van der Waals surface area contributed by atoms with E-state index in [9.17, 15) is 4.79 Å². The van der Waals surface area contributed by atoms with E-state index in [0.29, 0.717) is 6.54 Å². The van der Waals surface area contributed by atoms with Crippen molar-refractivity contribution in [2.75, 3.05) is 18.6 Å². The smallest absolute Gasteiger partial charge is 0.236 e. The molecule has 16 heavy (non-hydrogen) atoms. The van der Waals surface area contributed by atoms with E-state index >= 15 is 0 Å². The lowest BCUT2D eigenvalue weighted by molar-refractivity contribution is -0.122. The van der Waals surface area contributed by atoms with Gasteiger partial charge in [0.1, 0.15) is 0 Å². The van der Waals surface area contributed by atoms with Crippen LogP contribution in [-0.4, -0.2) is 40.5 Å². The highest BCUT2D eigenvalue weighted by atomic mass is 32.2. The fraction of sp³-hybridized carbons (Fsp3) is 0.600. The molecule has 0 aliphatic rings. The van der Waals surface area contributed by atoms with Gasteiger partial charge in [0.25, 0.3) is 0 Å². The molecule has 0 radical (unpaired) electrons. The number of nitrogens with zero attached hydrogens (tertiary/aromatic N) is 1. The number of H-pyrrole nitrogens is 1. The number of rotatable bonds is 7. The van der Waals surface area contributed by atoms with Gasteiger partial charge >= 0.3 is 0 Å². The Morgan fingerprint density at radius 3 is 3.19 bits per heavy atom. The van der Waals surface area contributed by atoms with E-state index in [4.69, 9.17) is 5.73 Å². The van der Waals surface area contributed by atoms with Gasteiger partial charge in [-0.1, -0.05) is 0 Å². The molecule has 90 valence electrons. The first-order chi connectivity index (χ1) is 7.74. The number of hydrogen-bond donors (Lipinski definition) is 3. The molecule has 0 fully saturated rings. The molecule has 0 saturated carbocycles. The number of carbonyl (C=O) groups is 1. The van der Waals surface area contributed by atoms with Gasteiger partial charge in [-0.2, -0.15) is 11.8 Å². The van der Waals surface area contributed by atoms with Crippen LogP contribution in [0.3, 0.4) is 0 Å². The standard InChI is InChI=1S/C10H18N4OS/c1-16-5-3-9(11)10(15)13-4-2-8-6-12-7-14-8/h6-7,9H,2-5,11H2,1H3,(H,12,14)(H,13,15)/t9-/m0/s1. The molecule has 1 heterocycles. The summed E-state index contributed by atoms with van der Waals surface area (Å²) in [6, 6.07) is -0.394. The molecule has 0 aromatic carbocycles. The molecule has 0 spiro atoms. The molecule has 1 aromatic heterocycles. The van der Waals surface area contributed by atoms with Gasteiger partial charge in [0.15, 0.2) is 0 Å². The lowest BCUT2D eigenvalue weighted by Gasteiger charge is -2.10. The van der Waals surface area contributed by atoms with Crippen molar-refractivity contribution in [2.45, 2.75) is 18.9 Å². The van der Waals surface area contributed by atoms with Crippen LogP contribution in [-0.2, 0) is 11.2 Å². The van der Waals surface area contributed by atoms with Crippen molar-refractivity contribution in [3.63, 3.8) is 0 Å². The van der Waals surface area contributed by atoms with E-state index < -0.39 is 6.04 Å². The quantitative estimate of drug-likeness (QED) is 0.635. The van der Waals surface area contributed by atoms with Gasteiger partial charge in [0.2, 0.25) is 5.91 Å². The average molecular weight is 242 g/mol. The Kier molecular flexibility index (Phi) is 5.95. The maximum absolute atomic E-state index is 11.5. The third-order valence-corrected chi connectivity index (χ3v) is 2.86. The summed E-state index contributed by atoms with van der Waals surface area (Å²) in [7, 11) is 0. The monoisotopic (exact) mass is 242 g/mol. The van der Waals surface area contributed by atoms with Crippen LogP contribution in [0.25, 0.3) is 0 Å². The van der Waals surface area contributed by atoms with Gasteiger partial charge < -0.3 is 16.0 Å². The van der Waals surface area contributed by atoms with Gasteiger partial charge in [-0.3, -0.25) is 4.79 Å². The minimum atomic E-state index is -0.394. The van der Waals surface area contributed by atoms with Crippen LogP contribution in [0.2, 0.25) is 0 Å². The van der Waals surface area contributed by atoms with Crippen molar-refractivity contribution in [3.05, 3.63) is 18.2 Å². The summed E-state index contributed by atoms with van der Waals surface area (Å²) in [5, 5.41) is 2.81. The maximum atomic E-state index is 11.5. The Balaban J connectivity index is 2.14. The van der Waals surface area contributed by atoms with Crippen LogP contribution in [0, 0.1) is 0 Å². The zero-order valence-corrected chi connectivity index (χ0v) is 10.2. The van der Waals surface area contributed by atoms with Crippen molar-refractivity contribution >= 4 is 17.7 Å². The third-order valence-electron chi connectivity index (χ3n) is 2.22. The molecule has 0 aliphatic heterocycles. The molecule has 0 unspecified atom stereocenters. The number of carbonyl (C=O) groups excluding carboxylic acids is 1. The fourth-order valence-corrected chi connectivity index (χ4v) is 1.74. The summed E-state index contributed by atoms with van der Waals surface area (Å²) in [5.41, 5.74) is 6.73. The molecule has 1 amide bonds. The van der Waals surface area contributed by atoms with E-state index in [-0.39, 0.29) is 5.91 Å². The third kappa shape index (κ3) is 4.67. The lowest BCUT2D eigenvalue weighted by Crippen LogP contribution is -2.41. The Labute approximate surface area is 99.6 Å². The average Bonchev–Trinajstić information content (AvgIpc) is 2.78. The SMILES string of the molecule is CSCC[C@H](N)C(=O)NCCc1cnc[nH]1. The van der Waals surface area contributed by atoms with Gasteiger partial charge in [-0.05, 0) is 18.4 Å². The number of aromatic amines is 1. The van der Waals surface area contributed by atoms with Crippen LogP contribution in [0.4, 0.5) is 0 Å². The van der Waals surface area contributed by atoms with E-state index in [2.05, 4.69) is 15.3 Å². The van der Waals surface area contributed by atoms with Crippen LogP contribution >= 0.6 is 11.8 Å². The number of nitrogens with two attached hydrogens (primary N) is 1. The molecule has 4 N–H and O–H groups in total. The fourth-order valence-electron chi connectivity index (χ4n) is 1.25. The van der Waals surface area contributed by atoms with Crippen LogP contribution < -0.4 is 11.1 Å². The predicted octanol–water partition coefficient (Wildman–Crippen LogP) is 0.149. The highest BCUT2D eigenvalue weighted by molar-refractivity contribution is 7.98.